The molecule has 0 unspecified atom stereocenters. The van der Waals surface area contributed by atoms with Gasteiger partial charge in [0.2, 0.25) is 17.7 Å². The summed E-state index contributed by atoms with van der Waals surface area (Å²) in [5.74, 6) is 0.375. The monoisotopic (exact) mass is 584 g/mol. The average molecular weight is 585 g/mol. The molecular formula is C33H36N4O4S. The van der Waals surface area contributed by atoms with Crippen LogP contribution in [0.2, 0.25) is 0 Å². The number of hydrogen-bond acceptors (Lipinski definition) is 6. The van der Waals surface area contributed by atoms with E-state index in [-0.39, 0.29) is 54.2 Å². The number of amides is 1. The molecule has 8 nitrogen and oxygen atoms in total. The van der Waals surface area contributed by atoms with E-state index in [2.05, 4.69) is 28.5 Å². The minimum absolute atomic E-state index is 0.0590. The first kappa shape index (κ1) is 29.3. The molecule has 3 aromatic carbocycles. The quantitative estimate of drug-likeness (QED) is 0.312. The Hall–Kier alpha value is -4.24. The van der Waals surface area contributed by atoms with Gasteiger partial charge in [0, 0.05) is 18.2 Å². The molecule has 218 valence electrons. The first-order valence-corrected chi connectivity index (χ1v) is 15.6. The molecule has 0 spiro atoms. The smallest absolute Gasteiger partial charge is 0.264 e. The van der Waals surface area contributed by atoms with Gasteiger partial charge >= 0.3 is 0 Å². The van der Waals surface area contributed by atoms with Crippen molar-refractivity contribution in [2.45, 2.75) is 58.0 Å². The molecule has 1 aliphatic rings. The first-order valence-electron chi connectivity index (χ1n) is 14.1. The van der Waals surface area contributed by atoms with Crippen LogP contribution in [-0.2, 0) is 27.8 Å². The van der Waals surface area contributed by atoms with Crippen LogP contribution >= 0.6 is 0 Å². The zero-order valence-corrected chi connectivity index (χ0v) is 25.2. The van der Waals surface area contributed by atoms with E-state index in [9.17, 15) is 13.2 Å². The highest BCUT2D eigenvalue weighted by Crippen LogP contribution is 2.30. The Bertz CT molecular complexity index is 1670. The maximum absolute atomic E-state index is 13.9. The van der Waals surface area contributed by atoms with Gasteiger partial charge in [0.1, 0.15) is 6.61 Å². The summed E-state index contributed by atoms with van der Waals surface area (Å²) < 4.78 is 35.9. The molecule has 0 aliphatic carbocycles. The van der Waals surface area contributed by atoms with Gasteiger partial charge in [-0.3, -0.25) is 4.79 Å². The van der Waals surface area contributed by atoms with Gasteiger partial charge in [-0.15, -0.1) is 0 Å². The third-order valence-corrected chi connectivity index (χ3v) is 8.68. The highest BCUT2D eigenvalue weighted by molar-refractivity contribution is 7.92. The fourth-order valence-corrected chi connectivity index (χ4v) is 6.40. The van der Waals surface area contributed by atoms with Crippen molar-refractivity contribution in [2.75, 3.05) is 11.3 Å². The summed E-state index contributed by atoms with van der Waals surface area (Å²) in [6.45, 7) is 8.62. The van der Waals surface area contributed by atoms with Crippen molar-refractivity contribution in [3.63, 3.8) is 0 Å². The van der Waals surface area contributed by atoms with E-state index >= 15 is 0 Å². The predicted octanol–water partition coefficient (Wildman–Crippen LogP) is 5.94. The van der Waals surface area contributed by atoms with Gasteiger partial charge in [-0.2, -0.15) is 4.98 Å². The van der Waals surface area contributed by atoms with E-state index in [1.807, 2.05) is 73.3 Å². The summed E-state index contributed by atoms with van der Waals surface area (Å²) in [7, 11) is -4.03. The van der Waals surface area contributed by atoms with Crippen LogP contribution in [-0.4, -0.2) is 41.8 Å². The number of aryl methyl sites for hydroxylation is 2. The molecule has 2 heterocycles. The number of fused-ring (bicyclic) bond motifs is 4. The van der Waals surface area contributed by atoms with Crippen molar-refractivity contribution >= 4 is 21.9 Å². The number of anilines is 1. The second kappa shape index (κ2) is 12.3. The molecule has 0 saturated heterocycles. The van der Waals surface area contributed by atoms with Gasteiger partial charge < -0.3 is 9.64 Å². The molecule has 1 N–H and O–H groups in total. The van der Waals surface area contributed by atoms with Crippen LogP contribution in [0.4, 0.5) is 5.95 Å². The number of benzene rings is 3. The molecular weight excluding hydrogens is 548 g/mol. The Balaban J connectivity index is 1.62. The van der Waals surface area contributed by atoms with Gasteiger partial charge in [-0.05, 0) is 60.6 Å². The van der Waals surface area contributed by atoms with E-state index in [0.717, 1.165) is 22.3 Å². The number of ether oxygens (including phenoxy) is 1. The van der Waals surface area contributed by atoms with E-state index in [1.54, 1.807) is 18.2 Å². The average Bonchev–Trinajstić information content (AvgIpc) is 2.94. The zero-order chi connectivity index (χ0) is 29.9. The number of nitrogens with zero attached hydrogens (tertiary/aromatic N) is 3. The van der Waals surface area contributed by atoms with Crippen molar-refractivity contribution in [3.05, 3.63) is 101 Å². The van der Waals surface area contributed by atoms with Gasteiger partial charge in [-0.1, -0.05) is 74.5 Å². The predicted molar refractivity (Wildman–Crippen MR) is 164 cm³/mol. The zero-order valence-electron chi connectivity index (χ0n) is 24.4. The van der Waals surface area contributed by atoms with E-state index in [1.165, 1.54) is 6.07 Å². The van der Waals surface area contributed by atoms with Crippen molar-refractivity contribution in [3.8, 4) is 17.1 Å². The Morgan fingerprint density at radius 3 is 2.40 bits per heavy atom. The number of carbonyl (C=O) groups excluding carboxylic acids is 1. The second-order valence-corrected chi connectivity index (χ2v) is 12.9. The summed E-state index contributed by atoms with van der Waals surface area (Å²) in [6.07, 6.45) is 0.918. The van der Waals surface area contributed by atoms with Gasteiger partial charge in [0.05, 0.1) is 23.1 Å². The van der Waals surface area contributed by atoms with Gasteiger partial charge in [-0.25, -0.2) is 18.1 Å². The SMILES string of the molecule is Cc1cccc(C)c1-c1cc2nc(n1)NS(=O)(=O)c1cccc(c1)CN(C(=O)Cc1ccccc1)[C@H](CC(C)C)CO2. The van der Waals surface area contributed by atoms with Crippen LogP contribution in [0.25, 0.3) is 11.3 Å². The molecule has 0 fully saturated rings. The molecule has 5 rings (SSSR count). The number of aromatic nitrogens is 2. The fraction of sp³-hybridized carbons (Fsp3) is 0.303. The lowest BCUT2D eigenvalue weighted by molar-refractivity contribution is -0.134. The molecule has 9 heteroatoms. The van der Waals surface area contributed by atoms with Crippen LogP contribution in [0.1, 0.15) is 42.5 Å². The molecule has 1 aliphatic heterocycles. The van der Waals surface area contributed by atoms with E-state index < -0.39 is 10.0 Å². The lowest BCUT2D eigenvalue weighted by atomic mass is 10.00. The molecule has 0 radical (unpaired) electrons. The molecule has 42 heavy (non-hydrogen) atoms. The molecule has 4 aromatic rings. The lowest BCUT2D eigenvalue weighted by Gasteiger charge is -2.33. The number of sulfonamides is 1. The topological polar surface area (TPSA) is 101 Å². The van der Waals surface area contributed by atoms with Crippen LogP contribution in [0.5, 0.6) is 5.88 Å². The highest BCUT2D eigenvalue weighted by atomic mass is 32.2. The maximum atomic E-state index is 13.9. The summed E-state index contributed by atoms with van der Waals surface area (Å²) >= 11 is 0. The Morgan fingerprint density at radius 2 is 1.69 bits per heavy atom. The number of nitrogens with one attached hydrogen (secondary N) is 1. The van der Waals surface area contributed by atoms with E-state index in [4.69, 9.17) is 4.74 Å². The fourth-order valence-electron chi connectivity index (χ4n) is 5.38. The lowest BCUT2D eigenvalue weighted by Crippen LogP contribution is -2.44. The summed E-state index contributed by atoms with van der Waals surface area (Å²) in [5, 5.41) is 0. The van der Waals surface area contributed by atoms with Crippen molar-refractivity contribution in [1.82, 2.24) is 14.9 Å². The van der Waals surface area contributed by atoms with Gasteiger partial charge in [0.25, 0.3) is 10.0 Å². The second-order valence-electron chi connectivity index (χ2n) is 11.2. The summed E-state index contributed by atoms with van der Waals surface area (Å²) in [4.78, 5) is 24.8. The standard InChI is InChI=1S/C33H36N4O4S/c1-22(2)16-27-21-41-30-19-29(32-23(3)10-8-11-24(32)4)34-33(35-30)36-42(39,40)28-15-9-14-26(17-28)20-37(27)31(38)18-25-12-6-5-7-13-25/h5-15,17,19,22,27H,16,18,20-21H2,1-4H3,(H,34,35,36)/t27-/m1/s1. The molecule has 1 amide bonds. The number of rotatable bonds is 5. The number of carbonyl (C=O) groups is 1. The number of hydrogen-bond donors (Lipinski definition) is 1. The van der Waals surface area contributed by atoms with Gasteiger partial charge in [0.15, 0.2) is 0 Å². The molecule has 1 atom stereocenters. The molecule has 1 aromatic heterocycles. The van der Waals surface area contributed by atoms with Crippen LogP contribution < -0.4 is 9.46 Å². The Morgan fingerprint density at radius 1 is 0.976 bits per heavy atom. The largest absolute Gasteiger partial charge is 0.475 e. The first-order chi connectivity index (χ1) is 20.1. The Labute approximate surface area is 247 Å². The minimum atomic E-state index is -4.03. The van der Waals surface area contributed by atoms with Crippen LogP contribution in [0.15, 0.2) is 83.8 Å². The summed E-state index contributed by atoms with van der Waals surface area (Å²) in [5.41, 5.74) is 5.04. The molecule has 4 bridgehead atoms. The van der Waals surface area contributed by atoms with E-state index in [0.29, 0.717) is 17.7 Å². The minimum Gasteiger partial charge on any atom is -0.475 e. The third kappa shape index (κ3) is 6.79. The molecule has 0 saturated carbocycles. The highest BCUT2D eigenvalue weighted by Gasteiger charge is 2.28. The van der Waals surface area contributed by atoms with Crippen LogP contribution in [0, 0.1) is 19.8 Å². The van der Waals surface area contributed by atoms with Crippen molar-refractivity contribution < 1.29 is 17.9 Å². The maximum Gasteiger partial charge on any atom is 0.264 e. The van der Waals surface area contributed by atoms with Crippen molar-refractivity contribution in [1.29, 1.82) is 0 Å². The summed E-state index contributed by atoms with van der Waals surface area (Å²) in [6, 6.07) is 23.7. The van der Waals surface area contributed by atoms with Crippen LogP contribution in [0.3, 0.4) is 0 Å². The normalized spacial score (nSPS) is 16.4. The van der Waals surface area contributed by atoms with Crippen molar-refractivity contribution in [2.24, 2.45) is 5.92 Å². The third-order valence-electron chi connectivity index (χ3n) is 7.35. The Kier molecular flexibility index (Phi) is 8.59.